The van der Waals surface area contributed by atoms with E-state index in [9.17, 15) is 4.79 Å². The molecule has 0 saturated carbocycles. The van der Waals surface area contributed by atoms with E-state index in [2.05, 4.69) is 22.3 Å². The molecule has 1 atom stereocenters. The van der Waals surface area contributed by atoms with Crippen LogP contribution in [0.2, 0.25) is 10.0 Å². The van der Waals surface area contributed by atoms with Crippen LogP contribution in [0.15, 0.2) is 18.2 Å². The van der Waals surface area contributed by atoms with Crippen molar-refractivity contribution in [1.82, 2.24) is 25.0 Å². The molecule has 1 aliphatic heterocycles. The van der Waals surface area contributed by atoms with Crippen molar-refractivity contribution in [2.75, 3.05) is 19.6 Å². The van der Waals surface area contributed by atoms with E-state index < -0.39 is 0 Å². The Balaban J connectivity index is 0.00000243. The second-order valence-electron chi connectivity index (χ2n) is 6.54. The number of rotatable bonds is 3. The summed E-state index contributed by atoms with van der Waals surface area (Å²) in [5.41, 5.74) is 0.551. The summed E-state index contributed by atoms with van der Waals surface area (Å²) in [5.74, 6) is 0.718. The van der Waals surface area contributed by atoms with Crippen LogP contribution in [-0.2, 0) is 0 Å². The third-order valence-corrected chi connectivity index (χ3v) is 4.76. The van der Waals surface area contributed by atoms with Crippen molar-refractivity contribution < 1.29 is 4.79 Å². The molecule has 0 aliphatic carbocycles. The normalized spacial score (nSPS) is 17.3. The lowest BCUT2D eigenvalue weighted by Gasteiger charge is -2.31. The SMILES string of the molecule is CC1CN(C(=O)c2nc(C(C)C)n(-c3c(Cl)cccc3Cl)n2)CCN1.Cl. The molecule has 1 aromatic carbocycles. The Labute approximate surface area is 169 Å². The van der Waals surface area contributed by atoms with E-state index in [0.717, 1.165) is 6.54 Å². The molecule has 1 unspecified atom stereocenters. The number of carbonyl (C=O) groups is 1. The summed E-state index contributed by atoms with van der Waals surface area (Å²) < 4.78 is 1.59. The average Bonchev–Trinajstić information content (AvgIpc) is 2.99. The Hall–Kier alpha value is -1.34. The molecular formula is C17H22Cl3N5O. The van der Waals surface area contributed by atoms with E-state index >= 15 is 0 Å². The van der Waals surface area contributed by atoms with Gasteiger partial charge in [-0.15, -0.1) is 17.5 Å². The van der Waals surface area contributed by atoms with Crippen molar-refractivity contribution in [1.29, 1.82) is 0 Å². The number of benzene rings is 1. The molecule has 2 heterocycles. The number of hydrogen-bond donors (Lipinski definition) is 1. The molecule has 9 heteroatoms. The lowest BCUT2D eigenvalue weighted by molar-refractivity contribution is 0.0696. The second kappa shape index (κ2) is 8.57. The van der Waals surface area contributed by atoms with Crippen molar-refractivity contribution in [2.24, 2.45) is 0 Å². The van der Waals surface area contributed by atoms with Gasteiger partial charge in [-0.1, -0.05) is 43.1 Å². The summed E-state index contributed by atoms with van der Waals surface area (Å²) in [5, 5.41) is 8.70. The molecule has 1 amide bonds. The second-order valence-corrected chi connectivity index (χ2v) is 7.35. The molecule has 0 bridgehead atoms. The molecule has 3 rings (SSSR count). The minimum Gasteiger partial charge on any atom is -0.333 e. The smallest absolute Gasteiger partial charge is 0.293 e. The summed E-state index contributed by atoms with van der Waals surface area (Å²) in [6, 6.07) is 5.51. The number of nitrogens with one attached hydrogen (secondary N) is 1. The third kappa shape index (κ3) is 4.14. The highest BCUT2D eigenvalue weighted by Gasteiger charge is 2.27. The fraction of sp³-hybridized carbons (Fsp3) is 0.471. The number of carbonyl (C=O) groups excluding carboxylic acids is 1. The number of amides is 1. The molecule has 6 nitrogen and oxygen atoms in total. The first-order valence-electron chi connectivity index (χ1n) is 8.32. The van der Waals surface area contributed by atoms with Gasteiger partial charge >= 0.3 is 0 Å². The van der Waals surface area contributed by atoms with Gasteiger partial charge in [0, 0.05) is 31.6 Å². The number of aromatic nitrogens is 3. The molecule has 1 N–H and O–H groups in total. The zero-order chi connectivity index (χ0) is 18.1. The molecule has 0 radical (unpaired) electrons. The first kappa shape index (κ1) is 21.0. The Bertz CT molecular complexity index is 772. The number of hydrogen-bond acceptors (Lipinski definition) is 4. The van der Waals surface area contributed by atoms with Crippen molar-refractivity contribution >= 4 is 41.5 Å². The summed E-state index contributed by atoms with van der Waals surface area (Å²) in [7, 11) is 0. The third-order valence-electron chi connectivity index (χ3n) is 4.15. The van der Waals surface area contributed by atoms with Crippen molar-refractivity contribution in [3.63, 3.8) is 0 Å². The lowest BCUT2D eigenvalue weighted by Crippen LogP contribution is -2.51. The van der Waals surface area contributed by atoms with Gasteiger partial charge < -0.3 is 10.2 Å². The number of piperazine rings is 1. The predicted molar refractivity (Wildman–Crippen MR) is 106 cm³/mol. The van der Waals surface area contributed by atoms with Crippen LogP contribution < -0.4 is 5.32 Å². The fourth-order valence-corrected chi connectivity index (χ4v) is 3.46. The topological polar surface area (TPSA) is 63.1 Å². The maximum absolute atomic E-state index is 12.8. The van der Waals surface area contributed by atoms with Crippen molar-refractivity contribution in [2.45, 2.75) is 32.7 Å². The number of halogens is 3. The Kier molecular flexibility index (Phi) is 6.91. The largest absolute Gasteiger partial charge is 0.333 e. The minimum atomic E-state index is -0.169. The van der Waals surface area contributed by atoms with Gasteiger partial charge in [0.25, 0.3) is 5.91 Å². The zero-order valence-corrected chi connectivity index (χ0v) is 17.2. The van der Waals surface area contributed by atoms with Gasteiger partial charge in [0.2, 0.25) is 5.82 Å². The van der Waals surface area contributed by atoms with Gasteiger partial charge in [0.1, 0.15) is 11.5 Å². The Morgan fingerprint density at radius 1 is 1.31 bits per heavy atom. The lowest BCUT2D eigenvalue weighted by atomic mass is 10.2. The van der Waals surface area contributed by atoms with Crippen LogP contribution in [0.1, 0.15) is 43.1 Å². The monoisotopic (exact) mass is 417 g/mol. The molecule has 1 fully saturated rings. The van der Waals surface area contributed by atoms with Gasteiger partial charge in [0.05, 0.1) is 10.0 Å². The van der Waals surface area contributed by atoms with Gasteiger partial charge in [-0.25, -0.2) is 9.67 Å². The van der Waals surface area contributed by atoms with Gasteiger partial charge in [0.15, 0.2) is 0 Å². The average molecular weight is 419 g/mol. The first-order chi connectivity index (χ1) is 11.9. The van der Waals surface area contributed by atoms with E-state index in [1.165, 1.54) is 0 Å². The van der Waals surface area contributed by atoms with E-state index in [1.807, 2.05) is 13.8 Å². The number of nitrogens with zero attached hydrogens (tertiary/aromatic N) is 4. The molecule has 1 aliphatic rings. The fourth-order valence-electron chi connectivity index (χ4n) is 2.90. The van der Waals surface area contributed by atoms with Crippen LogP contribution in [0, 0.1) is 0 Å². The van der Waals surface area contributed by atoms with Crippen LogP contribution >= 0.6 is 35.6 Å². The molecular weight excluding hydrogens is 397 g/mol. The molecule has 0 spiro atoms. The summed E-state index contributed by atoms with van der Waals surface area (Å²) in [6.45, 7) is 8.08. The Morgan fingerprint density at radius 3 is 2.54 bits per heavy atom. The van der Waals surface area contributed by atoms with Gasteiger partial charge in [-0.2, -0.15) is 0 Å². The van der Waals surface area contributed by atoms with Crippen molar-refractivity contribution in [3.8, 4) is 5.69 Å². The quantitative estimate of drug-likeness (QED) is 0.828. The highest BCUT2D eigenvalue weighted by molar-refractivity contribution is 6.37. The van der Waals surface area contributed by atoms with Crippen LogP contribution in [0.5, 0.6) is 0 Å². The van der Waals surface area contributed by atoms with E-state index in [4.69, 9.17) is 23.2 Å². The molecule has 1 aromatic heterocycles. The maximum Gasteiger partial charge on any atom is 0.293 e. The standard InChI is InChI=1S/C17H21Cl2N5O.ClH/c1-10(2)16-21-15(17(25)23-8-7-20-11(3)9-23)22-24(16)14-12(18)5-4-6-13(14)19;/h4-6,10-11,20H,7-9H2,1-3H3;1H. The maximum atomic E-state index is 12.8. The highest BCUT2D eigenvalue weighted by atomic mass is 35.5. The Morgan fingerprint density at radius 2 is 1.96 bits per heavy atom. The van der Waals surface area contributed by atoms with Gasteiger partial charge in [-0.05, 0) is 19.1 Å². The molecule has 26 heavy (non-hydrogen) atoms. The summed E-state index contributed by atoms with van der Waals surface area (Å²) in [6.07, 6.45) is 0. The van der Waals surface area contributed by atoms with E-state index in [1.54, 1.807) is 27.8 Å². The predicted octanol–water partition coefficient (Wildman–Crippen LogP) is 3.55. The molecule has 142 valence electrons. The van der Waals surface area contributed by atoms with Crippen LogP contribution in [-0.4, -0.2) is 51.2 Å². The van der Waals surface area contributed by atoms with E-state index in [0.29, 0.717) is 34.6 Å². The van der Waals surface area contributed by atoms with Crippen molar-refractivity contribution in [3.05, 3.63) is 39.9 Å². The van der Waals surface area contributed by atoms with Crippen LogP contribution in [0.25, 0.3) is 5.69 Å². The summed E-state index contributed by atoms with van der Waals surface area (Å²) in [4.78, 5) is 19.1. The minimum absolute atomic E-state index is 0. The number of para-hydroxylation sites is 1. The van der Waals surface area contributed by atoms with Crippen LogP contribution in [0.4, 0.5) is 0 Å². The zero-order valence-electron chi connectivity index (χ0n) is 14.9. The van der Waals surface area contributed by atoms with Gasteiger partial charge in [-0.3, -0.25) is 4.79 Å². The molecule has 2 aromatic rings. The van der Waals surface area contributed by atoms with E-state index in [-0.39, 0.29) is 36.1 Å². The van der Waals surface area contributed by atoms with Crippen LogP contribution in [0.3, 0.4) is 0 Å². The molecule has 1 saturated heterocycles. The summed E-state index contributed by atoms with van der Waals surface area (Å²) >= 11 is 12.6. The first-order valence-corrected chi connectivity index (χ1v) is 9.08. The highest BCUT2D eigenvalue weighted by Crippen LogP contribution is 2.30.